The number of hydrogen-bond acceptors (Lipinski definition) is 3. The van der Waals surface area contributed by atoms with E-state index in [-0.39, 0.29) is 5.41 Å². The molecule has 0 radical (unpaired) electrons. The van der Waals surface area contributed by atoms with Gasteiger partial charge < -0.3 is 15.3 Å². The van der Waals surface area contributed by atoms with Crippen LogP contribution in [0.15, 0.2) is 30.3 Å². The van der Waals surface area contributed by atoms with Crippen molar-refractivity contribution in [1.29, 1.82) is 0 Å². The van der Waals surface area contributed by atoms with Crippen molar-refractivity contribution >= 4 is 12.0 Å². The Hall–Kier alpha value is -2.83. The van der Waals surface area contributed by atoms with Crippen LogP contribution in [0.1, 0.15) is 49.3 Å². The summed E-state index contributed by atoms with van der Waals surface area (Å²) in [6, 6.07) is 7.44. The summed E-state index contributed by atoms with van der Waals surface area (Å²) in [7, 11) is 1.61. The molecule has 0 saturated heterocycles. The van der Waals surface area contributed by atoms with Crippen LogP contribution >= 0.6 is 0 Å². The zero-order valence-electron chi connectivity index (χ0n) is 15.8. The van der Waals surface area contributed by atoms with E-state index in [1.165, 1.54) is 4.90 Å². The number of aliphatic carboxylic acids is 1. The molecule has 0 aliphatic heterocycles. The van der Waals surface area contributed by atoms with E-state index >= 15 is 0 Å². The van der Waals surface area contributed by atoms with Crippen LogP contribution in [0, 0.1) is 6.92 Å². The molecule has 0 fully saturated rings. The third kappa shape index (κ3) is 4.84. The van der Waals surface area contributed by atoms with E-state index in [2.05, 4.69) is 36.3 Å². The van der Waals surface area contributed by atoms with E-state index in [9.17, 15) is 14.7 Å². The molecule has 26 heavy (non-hydrogen) atoms. The largest absolute Gasteiger partial charge is 0.479 e. The van der Waals surface area contributed by atoms with Crippen LogP contribution in [-0.2, 0) is 16.8 Å². The summed E-state index contributed by atoms with van der Waals surface area (Å²) < 4.78 is 0. The highest BCUT2D eigenvalue weighted by Crippen LogP contribution is 2.21. The number of rotatable bonds is 5. The third-order valence-corrected chi connectivity index (χ3v) is 4.04. The first-order chi connectivity index (χ1) is 12.1. The van der Waals surface area contributed by atoms with E-state index in [1.54, 1.807) is 25.2 Å². The topological polar surface area (TPSA) is 98.3 Å². The molecule has 0 aliphatic rings. The Morgan fingerprint density at radius 1 is 1.31 bits per heavy atom. The molecule has 0 aliphatic carbocycles. The van der Waals surface area contributed by atoms with Gasteiger partial charge in [-0.15, -0.1) is 0 Å². The predicted molar refractivity (Wildman–Crippen MR) is 98.8 cm³/mol. The molecule has 0 bridgehead atoms. The van der Waals surface area contributed by atoms with Gasteiger partial charge in [0.05, 0.1) is 17.9 Å². The number of hydrogen-bond donors (Lipinski definition) is 3. The van der Waals surface area contributed by atoms with E-state index in [1.807, 2.05) is 19.1 Å². The van der Waals surface area contributed by atoms with Crippen LogP contribution in [-0.4, -0.2) is 39.3 Å². The van der Waals surface area contributed by atoms with Crippen molar-refractivity contribution < 1.29 is 14.7 Å². The summed E-state index contributed by atoms with van der Waals surface area (Å²) in [5, 5.41) is 19.2. The van der Waals surface area contributed by atoms with Gasteiger partial charge in [-0.25, -0.2) is 9.59 Å². The van der Waals surface area contributed by atoms with Gasteiger partial charge in [0.1, 0.15) is 0 Å². The maximum atomic E-state index is 12.4. The number of H-pyrrole nitrogens is 1. The van der Waals surface area contributed by atoms with Crippen molar-refractivity contribution in [2.75, 3.05) is 7.05 Å². The summed E-state index contributed by atoms with van der Waals surface area (Å²) in [4.78, 5) is 25.5. The Labute approximate surface area is 153 Å². The zero-order valence-corrected chi connectivity index (χ0v) is 15.8. The number of carboxylic acid groups (broad SMARTS) is 1. The van der Waals surface area contributed by atoms with Gasteiger partial charge in [0.15, 0.2) is 6.04 Å². The number of urea groups is 1. The van der Waals surface area contributed by atoms with Crippen molar-refractivity contribution in [1.82, 2.24) is 20.4 Å². The number of carbonyl (C=O) groups excluding carboxylic acids is 1. The molecular weight excluding hydrogens is 332 g/mol. The van der Waals surface area contributed by atoms with Gasteiger partial charge in [-0.1, -0.05) is 50.6 Å². The minimum absolute atomic E-state index is 0.0881. The van der Waals surface area contributed by atoms with Crippen LogP contribution in [0.4, 0.5) is 4.79 Å². The number of benzene rings is 1. The summed E-state index contributed by atoms with van der Waals surface area (Å²) in [6.07, 6.45) is 0. The van der Waals surface area contributed by atoms with Gasteiger partial charge in [-0.3, -0.25) is 5.10 Å². The maximum Gasteiger partial charge on any atom is 0.330 e. The highest BCUT2D eigenvalue weighted by atomic mass is 16.4. The minimum atomic E-state index is -1.10. The molecule has 3 N–H and O–H groups in total. The summed E-state index contributed by atoms with van der Waals surface area (Å²) in [5.41, 5.74) is 3.08. The normalized spacial score (nSPS) is 12.5. The van der Waals surface area contributed by atoms with Gasteiger partial charge in [-0.2, -0.15) is 5.10 Å². The smallest absolute Gasteiger partial charge is 0.330 e. The maximum absolute atomic E-state index is 12.4. The monoisotopic (exact) mass is 358 g/mol. The van der Waals surface area contributed by atoms with Crippen molar-refractivity contribution in [2.45, 2.75) is 45.7 Å². The second kappa shape index (κ2) is 7.59. The lowest BCUT2D eigenvalue weighted by atomic mass is 9.92. The Kier molecular flexibility index (Phi) is 5.69. The minimum Gasteiger partial charge on any atom is -0.479 e. The first kappa shape index (κ1) is 19.5. The average molecular weight is 358 g/mol. The molecule has 2 aromatic rings. The molecule has 2 amide bonds. The zero-order chi connectivity index (χ0) is 19.5. The Morgan fingerprint density at radius 3 is 2.54 bits per heavy atom. The van der Waals surface area contributed by atoms with Crippen LogP contribution in [0.25, 0.3) is 0 Å². The second-order valence-electron chi connectivity index (χ2n) is 7.52. The molecule has 1 aromatic carbocycles. The molecule has 1 unspecified atom stereocenters. The Bertz CT molecular complexity index is 792. The predicted octanol–water partition coefficient (Wildman–Crippen LogP) is 2.98. The fourth-order valence-corrected chi connectivity index (χ4v) is 2.53. The summed E-state index contributed by atoms with van der Waals surface area (Å²) in [6.45, 7) is 8.35. The van der Waals surface area contributed by atoms with Crippen molar-refractivity contribution in [2.24, 2.45) is 0 Å². The molecule has 1 aromatic heterocycles. The van der Waals surface area contributed by atoms with E-state index < -0.39 is 18.0 Å². The Balaban J connectivity index is 2.07. The fourth-order valence-electron chi connectivity index (χ4n) is 2.53. The number of nitrogens with zero attached hydrogens (tertiary/aromatic N) is 2. The number of aryl methyl sites for hydroxylation is 1. The molecular formula is C19H26N4O3. The molecule has 2 rings (SSSR count). The molecule has 1 atom stereocenters. The van der Waals surface area contributed by atoms with Crippen molar-refractivity contribution in [3.63, 3.8) is 0 Å². The first-order valence-corrected chi connectivity index (χ1v) is 8.43. The number of carbonyl (C=O) groups is 2. The molecule has 140 valence electrons. The Morgan fingerprint density at radius 2 is 2.00 bits per heavy atom. The quantitative estimate of drug-likeness (QED) is 0.765. The van der Waals surface area contributed by atoms with E-state index in [0.29, 0.717) is 12.1 Å². The van der Waals surface area contributed by atoms with Crippen LogP contribution in [0.2, 0.25) is 0 Å². The number of nitrogens with one attached hydrogen (secondary N) is 2. The van der Waals surface area contributed by atoms with Crippen LogP contribution in [0.3, 0.4) is 0 Å². The highest BCUT2D eigenvalue weighted by molar-refractivity contribution is 5.83. The number of carboxylic acids is 1. The first-order valence-electron chi connectivity index (χ1n) is 8.43. The van der Waals surface area contributed by atoms with Gasteiger partial charge in [-0.05, 0) is 18.6 Å². The van der Waals surface area contributed by atoms with Gasteiger partial charge in [0.25, 0.3) is 0 Å². The number of amides is 2. The summed E-state index contributed by atoms with van der Waals surface area (Å²) in [5.74, 6) is -1.10. The standard InChI is InChI=1S/C19H26N4O3/c1-12-7-6-8-13(9-12)16(17(24)25)20-18(26)23(5)11-14-10-15(22-21-14)19(2,3)4/h6-10,16H,11H2,1-5H3,(H,20,26)(H,21,22)(H,24,25). The molecule has 7 heteroatoms. The van der Waals surface area contributed by atoms with Gasteiger partial charge in [0.2, 0.25) is 0 Å². The average Bonchev–Trinajstić information content (AvgIpc) is 3.00. The molecule has 1 heterocycles. The van der Waals surface area contributed by atoms with Crippen LogP contribution < -0.4 is 5.32 Å². The number of aromatic amines is 1. The molecule has 7 nitrogen and oxygen atoms in total. The van der Waals surface area contributed by atoms with E-state index in [0.717, 1.165) is 17.0 Å². The van der Waals surface area contributed by atoms with Gasteiger partial charge >= 0.3 is 12.0 Å². The lowest BCUT2D eigenvalue weighted by molar-refractivity contribution is -0.139. The molecule has 0 spiro atoms. The highest BCUT2D eigenvalue weighted by Gasteiger charge is 2.24. The molecule has 0 saturated carbocycles. The van der Waals surface area contributed by atoms with Crippen LogP contribution in [0.5, 0.6) is 0 Å². The fraction of sp³-hybridized carbons (Fsp3) is 0.421. The van der Waals surface area contributed by atoms with Gasteiger partial charge in [0, 0.05) is 12.5 Å². The lowest BCUT2D eigenvalue weighted by Crippen LogP contribution is -2.41. The second-order valence-corrected chi connectivity index (χ2v) is 7.52. The lowest BCUT2D eigenvalue weighted by Gasteiger charge is -2.21. The summed E-state index contributed by atoms with van der Waals surface area (Å²) >= 11 is 0. The SMILES string of the molecule is Cc1cccc(C(NC(=O)N(C)Cc2cc(C(C)(C)C)n[nH]2)C(=O)O)c1. The third-order valence-electron chi connectivity index (χ3n) is 4.04. The van der Waals surface area contributed by atoms with E-state index in [4.69, 9.17) is 0 Å². The number of aromatic nitrogens is 2. The van der Waals surface area contributed by atoms with Crippen molar-refractivity contribution in [3.8, 4) is 0 Å². The van der Waals surface area contributed by atoms with Crippen molar-refractivity contribution in [3.05, 3.63) is 52.8 Å².